The van der Waals surface area contributed by atoms with Gasteiger partial charge in [0.05, 0.1) is 22.1 Å². The number of benzene rings is 1. The van der Waals surface area contributed by atoms with Crippen LogP contribution in [0.2, 0.25) is 0 Å². The fourth-order valence-corrected chi connectivity index (χ4v) is 2.62. The molecule has 0 saturated carbocycles. The van der Waals surface area contributed by atoms with Crippen molar-refractivity contribution in [3.63, 3.8) is 0 Å². The van der Waals surface area contributed by atoms with Crippen LogP contribution in [-0.2, 0) is 12.7 Å². The minimum atomic E-state index is -4.78. The van der Waals surface area contributed by atoms with Gasteiger partial charge >= 0.3 is 11.0 Å². The molecule has 0 unspecified atom stereocenters. The van der Waals surface area contributed by atoms with Crippen LogP contribution in [0.15, 0.2) is 16.9 Å². The molecule has 20 heavy (non-hydrogen) atoms. The Morgan fingerprint density at radius 2 is 2.10 bits per heavy atom. The van der Waals surface area contributed by atoms with Crippen LogP contribution in [0, 0.1) is 21.4 Å². The van der Waals surface area contributed by atoms with Crippen molar-refractivity contribution < 1.29 is 18.1 Å². The minimum Gasteiger partial charge on any atom is -0.285 e. The Hall–Kier alpha value is -2.41. The van der Waals surface area contributed by atoms with Crippen molar-refractivity contribution in [2.45, 2.75) is 12.7 Å². The highest BCUT2D eigenvalue weighted by Gasteiger charge is 2.34. The third-order valence-corrected chi connectivity index (χ3v) is 3.52. The number of nitrogens with zero attached hydrogens (tertiary/aromatic N) is 3. The van der Waals surface area contributed by atoms with Gasteiger partial charge in [-0.25, -0.2) is 0 Å². The Labute approximate surface area is 112 Å². The van der Waals surface area contributed by atoms with Gasteiger partial charge in [0.2, 0.25) is 0 Å². The summed E-state index contributed by atoms with van der Waals surface area (Å²) in [5, 5.41) is 19.4. The molecule has 0 aliphatic rings. The molecule has 10 heteroatoms. The van der Waals surface area contributed by atoms with Gasteiger partial charge in [-0.3, -0.25) is 19.5 Å². The standard InChI is InChI=1S/C10H4F3N3O3S/c11-10(12,13)5-3-6-8(7(4-5)16(18)19)20-9(17)15(6)2-1-14/h3-4H,2H2. The number of rotatable bonds is 2. The van der Waals surface area contributed by atoms with Gasteiger partial charge in [-0.05, 0) is 6.07 Å². The Morgan fingerprint density at radius 3 is 2.60 bits per heavy atom. The molecule has 0 aliphatic carbocycles. The van der Waals surface area contributed by atoms with Crippen LogP contribution in [0.4, 0.5) is 18.9 Å². The number of alkyl halides is 3. The predicted molar refractivity (Wildman–Crippen MR) is 63.4 cm³/mol. The van der Waals surface area contributed by atoms with E-state index in [1.54, 1.807) is 6.07 Å². The minimum absolute atomic E-state index is 0.178. The number of aromatic nitrogens is 1. The van der Waals surface area contributed by atoms with Gasteiger partial charge in [-0.15, -0.1) is 0 Å². The molecule has 1 heterocycles. The maximum atomic E-state index is 12.7. The average molecular weight is 303 g/mol. The molecule has 2 rings (SSSR count). The van der Waals surface area contributed by atoms with Crippen LogP contribution >= 0.6 is 11.3 Å². The molecule has 104 valence electrons. The zero-order valence-corrected chi connectivity index (χ0v) is 10.3. The lowest BCUT2D eigenvalue weighted by Gasteiger charge is -2.07. The van der Waals surface area contributed by atoms with Crippen molar-refractivity contribution >= 4 is 27.2 Å². The van der Waals surface area contributed by atoms with E-state index < -0.39 is 33.8 Å². The molecular formula is C10H4F3N3O3S. The molecule has 0 amide bonds. The van der Waals surface area contributed by atoms with Crippen LogP contribution in [0.5, 0.6) is 0 Å². The summed E-state index contributed by atoms with van der Waals surface area (Å²) in [5.41, 5.74) is -2.29. The third kappa shape index (κ3) is 2.23. The lowest BCUT2D eigenvalue weighted by molar-refractivity contribution is -0.383. The summed E-state index contributed by atoms with van der Waals surface area (Å²) in [6.07, 6.45) is -4.78. The van der Waals surface area contributed by atoms with E-state index in [0.717, 1.165) is 4.57 Å². The summed E-state index contributed by atoms with van der Waals surface area (Å²) >= 11 is 0.440. The van der Waals surface area contributed by atoms with Crippen molar-refractivity contribution in [1.82, 2.24) is 4.57 Å². The number of nitro groups is 1. The maximum absolute atomic E-state index is 12.7. The van der Waals surface area contributed by atoms with Crippen LogP contribution in [0.3, 0.4) is 0 Å². The molecule has 0 fully saturated rings. The van der Waals surface area contributed by atoms with Gasteiger partial charge < -0.3 is 0 Å². The molecule has 0 aliphatic heterocycles. The van der Waals surface area contributed by atoms with Gasteiger partial charge in [0, 0.05) is 6.07 Å². The maximum Gasteiger partial charge on any atom is 0.416 e. The fourth-order valence-electron chi connectivity index (χ4n) is 1.66. The van der Waals surface area contributed by atoms with Gasteiger partial charge in [-0.2, -0.15) is 18.4 Å². The SMILES string of the molecule is N#CCn1c(=O)sc2c([N+](=O)[O-])cc(C(F)(F)F)cc21. The van der Waals surface area contributed by atoms with Crippen LogP contribution in [0.1, 0.15) is 5.56 Å². The lowest BCUT2D eigenvalue weighted by atomic mass is 10.1. The molecule has 1 aromatic carbocycles. The number of hydrogen-bond acceptors (Lipinski definition) is 5. The summed E-state index contributed by atoms with van der Waals surface area (Å²) in [5.74, 6) is 0. The molecule has 0 spiro atoms. The Kier molecular flexibility index (Phi) is 3.23. The molecule has 1 aromatic heterocycles. The number of hydrogen-bond donors (Lipinski definition) is 0. The highest BCUT2D eigenvalue weighted by molar-refractivity contribution is 7.17. The second-order valence-corrected chi connectivity index (χ2v) is 4.67. The first-order chi connectivity index (χ1) is 9.25. The molecule has 0 saturated heterocycles. The van der Waals surface area contributed by atoms with Crippen LogP contribution in [-0.4, -0.2) is 9.49 Å². The zero-order chi connectivity index (χ0) is 15.1. The molecule has 0 bridgehead atoms. The van der Waals surface area contributed by atoms with Gasteiger partial charge in [0.25, 0.3) is 5.69 Å². The fraction of sp³-hybridized carbons (Fsp3) is 0.200. The quantitative estimate of drug-likeness (QED) is 0.630. The Balaban J connectivity index is 2.91. The van der Waals surface area contributed by atoms with Gasteiger partial charge in [0.1, 0.15) is 11.2 Å². The highest BCUT2D eigenvalue weighted by Crippen LogP contribution is 2.37. The first-order valence-corrected chi connectivity index (χ1v) is 5.83. The normalized spacial score (nSPS) is 11.5. The summed E-state index contributed by atoms with van der Waals surface area (Å²) in [7, 11) is 0. The summed E-state index contributed by atoms with van der Waals surface area (Å²) in [6.45, 7) is -0.475. The van der Waals surface area contributed by atoms with Gasteiger partial charge in [-0.1, -0.05) is 11.3 Å². The Bertz CT molecular complexity index is 800. The molecule has 0 N–H and O–H groups in total. The van der Waals surface area contributed by atoms with E-state index in [4.69, 9.17) is 5.26 Å². The Morgan fingerprint density at radius 1 is 1.45 bits per heavy atom. The van der Waals surface area contributed by atoms with Crippen molar-refractivity contribution in [1.29, 1.82) is 5.26 Å². The third-order valence-electron chi connectivity index (χ3n) is 2.50. The number of fused-ring (bicyclic) bond motifs is 1. The average Bonchev–Trinajstić information content (AvgIpc) is 2.64. The molecule has 0 atom stereocenters. The van der Waals surface area contributed by atoms with E-state index in [-0.39, 0.29) is 10.2 Å². The summed E-state index contributed by atoms with van der Waals surface area (Å²) in [6, 6.07) is 2.65. The van der Waals surface area contributed by atoms with E-state index in [2.05, 4.69) is 0 Å². The second kappa shape index (κ2) is 4.61. The number of nitriles is 1. The monoisotopic (exact) mass is 303 g/mol. The molecule has 6 nitrogen and oxygen atoms in total. The largest absolute Gasteiger partial charge is 0.416 e. The highest BCUT2D eigenvalue weighted by atomic mass is 32.1. The van der Waals surface area contributed by atoms with E-state index in [1.165, 1.54) is 0 Å². The molecular weight excluding hydrogens is 299 g/mol. The van der Waals surface area contributed by atoms with Crippen LogP contribution < -0.4 is 4.87 Å². The van der Waals surface area contributed by atoms with Crippen molar-refractivity contribution in [2.24, 2.45) is 0 Å². The molecule has 2 aromatic rings. The smallest absolute Gasteiger partial charge is 0.285 e. The van der Waals surface area contributed by atoms with E-state index >= 15 is 0 Å². The van der Waals surface area contributed by atoms with Crippen molar-refractivity contribution in [3.8, 4) is 6.07 Å². The number of thiazole rings is 1. The topological polar surface area (TPSA) is 88.9 Å². The van der Waals surface area contributed by atoms with E-state index in [0.29, 0.717) is 23.5 Å². The van der Waals surface area contributed by atoms with Crippen molar-refractivity contribution in [2.75, 3.05) is 0 Å². The van der Waals surface area contributed by atoms with E-state index in [1.807, 2.05) is 0 Å². The first kappa shape index (κ1) is 14.0. The lowest BCUT2D eigenvalue weighted by Crippen LogP contribution is -2.12. The zero-order valence-electron chi connectivity index (χ0n) is 9.47. The number of nitro benzene ring substituents is 1. The molecule has 0 radical (unpaired) electrons. The predicted octanol–water partition coefficient (Wildman–Crippen LogP) is 2.51. The van der Waals surface area contributed by atoms with Gasteiger partial charge in [0.15, 0.2) is 0 Å². The van der Waals surface area contributed by atoms with E-state index in [9.17, 15) is 28.1 Å². The van der Waals surface area contributed by atoms with Crippen LogP contribution in [0.25, 0.3) is 10.2 Å². The summed E-state index contributed by atoms with van der Waals surface area (Å²) < 4.78 is 38.7. The van der Waals surface area contributed by atoms with Crippen molar-refractivity contribution in [3.05, 3.63) is 37.5 Å². The number of halogens is 3. The summed E-state index contributed by atoms with van der Waals surface area (Å²) in [4.78, 5) is 20.7. The first-order valence-electron chi connectivity index (χ1n) is 5.01. The number of non-ortho nitro benzene ring substituents is 1. The second-order valence-electron chi connectivity index (χ2n) is 3.71.